The van der Waals surface area contributed by atoms with Gasteiger partial charge in [0.25, 0.3) is 23.9 Å². The summed E-state index contributed by atoms with van der Waals surface area (Å²) in [7, 11) is 0. The monoisotopic (exact) mass is 284 g/mol. The highest BCUT2D eigenvalue weighted by atomic mass is 16.4. The van der Waals surface area contributed by atoms with Crippen molar-refractivity contribution in [1.29, 1.82) is 0 Å². The summed E-state index contributed by atoms with van der Waals surface area (Å²) in [5, 5.41) is 37.0. The van der Waals surface area contributed by atoms with Gasteiger partial charge in [-0.3, -0.25) is 19.2 Å². The highest BCUT2D eigenvalue weighted by molar-refractivity contribution is 5.63. The number of aliphatic carboxylic acids is 4. The van der Waals surface area contributed by atoms with E-state index in [1.807, 2.05) is 0 Å². The van der Waals surface area contributed by atoms with Gasteiger partial charge < -0.3 is 25.5 Å². The number of carboxylic acid groups (broad SMARTS) is 4. The van der Waals surface area contributed by atoms with Crippen LogP contribution in [0.25, 0.3) is 0 Å². The number of hydrogen-bond acceptors (Lipinski definition) is 5. The maximum atomic E-state index is 9.00. The molecule has 0 aromatic carbocycles. The number of rotatable bonds is 0. The lowest BCUT2D eigenvalue weighted by atomic mass is 10.9. The minimum atomic E-state index is -0.833. The highest BCUT2D eigenvalue weighted by Crippen LogP contribution is 1.43. The molecule has 0 aliphatic carbocycles. The number of carbonyl (C=O) groups is 4. The molecule has 0 saturated heterocycles. The summed E-state index contributed by atoms with van der Waals surface area (Å²) in [6, 6.07) is 0. The fraction of sp³-hybridized carbons (Fsp3) is 0.400. The Labute approximate surface area is 110 Å². The Balaban J connectivity index is -0.0000000432. The molecule has 0 bridgehead atoms. The van der Waals surface area contributed by atoms with E-state index >= 15 is 0 Å². The van der Waals surface area contributed by atoms with Crippen LogP contribution in [0.1, 0.15) is 27.7 Å². The van der Waals surface area contributed by atoms with Gasteiger partial charge in [-0.1, -0.05) is 6.58 Å². The maximum Gasteiger partial charge on any atom is 0.300 e. The van der Waals surface area contributed by atoms with Crippen molar-refractivity contribution in [1.82, 2.24) is 0 Å². The van der Waals surface area contributed by atoms with Gasteiger partial charge in [-0.25, -0.2) is 0 Å². The van der Waals surface area contributed by atoms with Gasteiger partial charge in [0, 0.05) is 27.7 Å². The van der Waals surface area contributed by atoms with E-state index in [9.17, 15) is 0 Å². The van der Waals surface area contributed by atoms with E-state index in [0.29, 0.717) is 0 Å². The predicted octanol–water partition coefficient (Wildman–Crippen LogP) is 1.05. The van der Waals surface area contributed by atoms with Crippen LogP contribution in [0.4, 0.5) is 0 Å². The van der Waals surface area contributed by atoms with Crippen LogP contribution < -0.4 is 0 Å². The van der Waals surface area contributed by atoms with Gasteiger partial charge in [0.15, 0.2) is 0 Å². The molecule has 0 aromatic heterocycles. The Kier molecular flexibility index (Phi) is 46.5. The Morgan fingerprint density at radius 3 is 0.684 bits per heavy atom. The van der Waals surface area contributed by atoms with Gasteiger partial charge in [0.1, 0.15) is 0 Å². The van der Waals surface area contributed by atoms with Crippen molar-refractivity contribution in [2.45, 2.75) is 27.7 Å². The van der Waals surface area contributed by atoms with Crippen molar-refractivity contribution < 1.29 is 44.7 Å². The van der Waals surface area contributed by atoms with Crippen molar-refractivity contribution in [3.63, 3.8) is 0 Å². The second-order valence-electron chi connectivity index (χ2n) is 2.26. The van der Waals surface area contributed by atoms with E-state index in [2.05, 4.69) is 6.58 Å². The molecular formula is C10H20O9. The van der Waals surface area contributed by atoms with E-state index in [-0.39, 0.29) is 0 Å². The zero-order valence-corrected chi connectivity index (χ0v) is 11.2. The largest absolute Gasteiger partial charge is 0.516 e. The summed E-state index contributed by atoms with van der Waals surface area (Å²) in [4.78, 5) is 36.0. The third-order valence-corrected chi connectivity index (χ3v) is 0. The summed E-state index contributed by atoms with van der Waals surface area (Å²) in [6.07, 6.45) is 0.750. The first-order chi connectivity index (χ1) is 8.34. The summed E-state index contributed by atoms with van der Waals surface area (Å²) >= 11 is 0. The molecule has 0 heterocycles. The fourth-order valence-electron chi connectivity index (χ4n) is 0. The standard InChI is InChI=1S/4C2H4O2.C2H4O/c4*1-2(3)4;1-2-3/h4*1H3,(H,3,4);2-3H,1H2. The first kappa shape index (κ1) is 29.9. The molecule has 0 aliphatic heterocycles. The van der Waals surface area contributed by atoms with E-state index in [1.54, 1.807) is 0 Å². The maximum absolute atomic E-state index is 9.00. The van der Waals surface area contributed by atoms with Crippen LogP contribution in [-0.4, -0.2) is 49.4 Å². The minimum absolute atomic E-state index is 0.750. The lowest BCUT2D eigenvalue weighted by Crippen LogP contribution is -1.78. The molecule has 9 heteroatoms. The molecule has 0 radical (unpaired) electrons. The molecule has 9 nitrogen and oxygen atoms in total. The molecule has 0 fully saturated rings. The first-order valence-electron chi connectivity index (χ1n) is 4.38. The van der Waals surface area contributed by atoms with Crippen molar-refractivity contribution >= 4 is 23.9 Å². The second-order valence-corrected chi connectivity index (χ2v) is 2.26. The van der Waals surface area contributed by atoms with E-state index < -0.39 is 23.9 Å². The van der Waals surface area contributed by atoms with Crippen LogP contribution in [0.3, 0.4) is 0 Å². The first-order valence-corrected chi connectivity index (χ1v) is 4.38. The summed E-state index contributed by atoms with van der Waals surface area (Å²) < 4.78 is 0. The molecule has 0 unspecified atom stereocenters. The average Bonchev–Trinajstić information content (AvgIpc) is 1.97. The minimum Gasteiger partial charge on any atom is -0.516 e. The third kappa shape index (κ3) is 417. The Bertz CT molecular complexity index is 194. The SMILES string of the molecule is C=CO.CC(=O)O.CC(=O)O.CC(=O)O.CC(=O)O. The Morgan fingerprint density at radius 1 is 0.684 bits per heavy atom. The zero-order chi connectivity index (χ0) is 17.0. The van der Waals surface area contributed by atoms with Crippen LogP contribution >= 0.6 is 0 Å². The van der Waals surface area contributed by atoms with E-state index in [4.69, 9.17) is 44.7 Å². The molecule has 0 aromatic rings. The number of hydrogen-bond donors (Lipinski definition) is 5. The van der Waals surface area contributed by atoms with Crippen molar-refractivity contribution in [2.24, 2.45) is 0 Å². The molecule has 0 atom stereocenters. The lowest BCUT2D eigenvalue weighted by Gasteiger charge is -1.59. The van der Waals surface area contributed by atoms with Crippen LogP contribution in [0.2, 0.25) is 0 Å². The van der Waals surface area contributed by atoms with E-state index in [0.717, 1.165) is 34.0 Å². The predicted molar refractivity (Wildman–Crippen MR) is 66.1 cm³/mol. The van der Waals surface area contributed by atoms with Crippen LogP contribution in [0, 0.1) is 0 Å². The van der Waals surface area contributed by atoms with Gasteiger partial charge in [-0.2, -0.15) is 0 Å². The van der Waals surface area contributed by atoms with Crippen molar-refractivity contribution in [3.05, 3.63) is 12.8 Å². The van der Waals surface area contributed by atoms with E-state index in [1.165, 1.54) is 0 Å². The summed E-state index contributed by atoms with van der Waals surface area (Å²) in [5.41, 5.74) is 0. The lowest BCUT2D eigenvalue weighted by molar-refractivity contribution is -0.135. The normalized spacial score (nSPS) is 5.89. The number of carboxylic acids is 4. The fourth-order valence-corrected chi connectivity index (χ4v) is 0. The molecule has 0 aliphatic rings. The molecule has 19 heavy (non-hydrogen) atoms. The number of aliphatic hydroxyl groups excluding tert-OH is 1. The van der Waals surface area contributed by atoms with Crippen LogP contribution in [-0.2, 0) is 19.2 Å². The van der Waals surface area contributed by atoms with Gasteiger partial charge >= 0.3 is 0 Å². The van der Waals surface area contributed by atoms with Gasteiger partial charge in [0.05, 0.1) is 6.26 Å². The molecule has 114 valence electrons. The quantitative estimate of drug-likeness (QED) is 0.408. The zero-order valence-electron chi connectivity index (χ0n) is 11.2. The molecule has 0 rings (SSSR count). The molecule has 0 saturated carbocycles. The van der Waals surface area contributed by atoms with Gasteiger partial charge in [-0.15, -0.1) is 0 Å². The smallest absolute Gasteiger partial charge is 0.300 e. The van der Waals surface area contributed by atoms with Crippen LogP contribution in [0.15, 0.2) is 12.8 Å². The van der Waals surface area contributed by atoms with Crippen molar-refractivity contribution in [2.75, 3.05) is 0 Å². The Hall–Kier alpha value is -2.58. The molecule has 5 N–H and O–H groups in total. The van der Waals surface area contributed by atoms with Gasteiger partial charge in [-0.05, 0) is 0 Å². The summed E-state index contributed by atoms with van der Waals surface area (Å²) in [5.74, 6) is -3.33. The highest BCUT2D eigenvalue weighted by Gasteiger charge is 1.66. The second kappa shape index (κ2) is 29.5. The molecular weight excluding hydrogens is 264 g/mol. The summed E-state index contributed by atoms with van der Waals surface area (Å²) in [6.45, 7) is 7.25. The van der Waals surface area contributed by atoms with Crippen LogP contribution in [0.5, 0.6) is 0 Å². The number of aliphatic hydroxyl groups is 1. The topological polar surface area (TPSA) is 169 Å². The molecule has 0 amide bonds. The van der Waals surface area contributed by atoms with Gasteiger partial charge in [0.2, 0.25) is 0 Å². The molecule has 0 spiro atoms. The van der Waals surface area contributed by atoms with Crippen molar-refractivity contribution in [3.8, 4) is 0 Å². The average molecular weight is 284 g/mol. The Morgan fingerprint density at radius 2 is 0.684 bits per heavy atom. The third-order valence-electron chi connectivity index (χ3n) is 0.